The molecule has 0 unspecified atom stereocenters. The van der Waals surface area contributed by atoms with E-state index >= 15 is 0 Å². The monoisotopic (exact) mass is 243 g/mol. The minimum absolute atomic E-state index is 0.227. The molecule has 0 atom stereocenters. The molecule has 0 aromatic heterocycles. The van der Waals surface area contributed by atoms with Crippen LogP contribution in [0.25, 0.3) is 0 Å². The van der Waals surface area contributed by atoms with Crippen molar-refractivity contribution in [2.45, 2.75) is 43.5 Å². The lowest BCUT2D eigenvalue weighted by atomic mass is 10.6. The molecule has 0 spiro atoms. The first-order chi connectivity index (χ1) is 5.31. The van der Waals surface area contributed by atoms with Crippen molar-refractivity contribution in [2.24, 2.45) is 0 Å². The summed E-state index contributed by atoms with van der Waals surface area (Å²) >= 11 is 11.3. The average Bonchev–Trinajstić information content (AvgIpc) is 1.79. The summed E-state index contributed by atoms with van der Waals surface area (Å²) in [5.74, 6) is 0. The van der Waals surface area contributed by atoms with Gasteiger partial charge in [0.1, 0.15) is 4.84 Å². The molecule has 0 saturated carbocycles. The molecule has 0 bridgehead atoms. The van der Waals surface area contributed by atoms with E-state index in [1.807, 2.05) is 0 Å². The van der Waals surface area contributed by atoms with Gasteiger partial charge < -0.3 is 4.12 Å². The van der Waals surface area contributed by atoms with Crippen LogP contribution in [0.1, 0.15) is 6.42 Å². The van der Waals surface area contributed by atoms with Gasteiger partial charge in [0.25, 0.3) is 0 Å². The van der Waals surface area contributed by atoms with Crippen LogP contribution in [0, 0.1) is 0 Å². The first kappa shape index (κ1) is 13.0. The summed E-state index contributed by atoms with van der Waals surface area (Å²) in [6.45, 7) is 8.80. The van der Waals surface area contributed by atoms with E-state index in [1.54, 1.807) is 0 Å². The van der Waals surface area contributed by atoms with Gasteiger partial charge in [-0.2, -0.15) is 0 Å². The Hall–Kier alpha value is 0.974. The molecule has 0 aromatic carbocycles. The van der Waals surface area contributed by atoms with Crippen molar-refractivity contribution in [1.29, 1.82) is 0 Å². The molecule has 0 aliphatic carbocycles. The van der Waals surface area contributed by atoms with Crippen molar-refractivity contribution in [3.05, 3.63) is 0 Å². The largest absolute Gasteiger partial charge is 0.456 e. The molecule has 0 amide bonds. The Morgan fingerprint density at radius 1 is 1.33 bits per heavy atom. The molecular weight excluding hydrogens is 227 g/mol. The highest BCUT2D eigenvalue weighted by molar-refractivity contribution is 6.77. The normalized spacial score (nSPS) is 13.0. The SMILES string of the molecule is C[Si](CCC(Cl)Cl)O[Si](C)(C)C. The zero-order chi connectivity index (χ0) is 9.78. The highest BCUT2D eigenvalue weighted by Gasteiger charge is 2.19. The molecule has 0 aliphatic rings. The molecule has 0 aliphatic heterocycles. The fourth-order valence-corrected chi connectivity index (χ4v) is 6.76. The number of rotatable bonds is 5. The second-order valence-electron chi connectivity index (χ2n) is 3.85. The van der Waals surface area contributed by atoms with E-state index < -0.39 is 17.4 Å². The van der Waals surface area contributed by atoms with Crippen molar-refractivity contribution < 1.29 is 4.12 Å². The molecule has 0 heterocycles. The van der Waals surface area contributed by atoms with Gasteiger partial charge in [0.2, 0.25) is 0 Å². The Labute approximate surface area is 88.3 Å². The zero-order valence-electron chi connectivity index (χ0n) is 8.16. The van der Waals surface area contributed by atoms with Gasteiger partial charge in [0, 0.05) is 0 Å². The number of alkyl halides is 2. The van der Waals surface area contributed by atoms with Gasteiger partial charge in [-0.1, -0.05) is 0 Å². The first-order valence-electron chi connectivity index (χ1n) is 4.11. The topological polar surface area (TPSA) is 9.23 Å². The lowest BCUT2D eigenvalue weighted by Crippen LogP contribution is -2.33. The fourth-order valence-electron chi connectivity index (χ4n) is 0.886. The summed E-state index contributed by atoms with van der Waals surface area (Å²) in [5.41, 5.74) is 0. The first-order valence-corrected chi connectivity index (χ1v) is 10.5. The Morgan fingerprint density at radius 2 is 1.83 bits per heavy atom. The van der Waals surface area contributed by atoms with Gasteiger partial charge in [-0.3, -0.25) is 0 Å². The summed E-state index contributed by atoms with van der Waals surface area (Å²) in [6.07, 6.45) is 0.860. The highest BCUT2D eigenvalue weighted by atomic mass is 35.5. The van der Waals surface area contributed by atoms with E-state index in [-0.39, 0.29) is 4.84 Å². The van der Waals surface area contributed by atoms with Gasteiger partial charge in [0.15, 0.2) is 17.4 Å². The molecule has 0 saturated heterocycles. The van der Waals surface area contributed by atoms with Gasteiger partial charge >= 0.3 is 0 Å². The van der Waals surface area contributed by atoms with Gasteiger partial charge in [-0.15, -0.1) is 23.2 Å². The van der Waals surface area contributed by atoms with E-state index in [0.29, 0.717) is 0 Å². The van der Waals surface area contributed by atoms with E-state index in [2.05, 4.69) is 26.2 Å². The van der Waals surface area contributed by atoms with Crippen molar-refractivity contribution >= 4 is 40.6 Å². The van der Waals surface area contributed by atoms with Gasteiger partial charge in [-0.05, 0) is 38.7 Å². The molecular formula is C7H17Cl2OSi2. The van der Waals surface area contributed by atoms with Gasteiger partial charge in [0.05, 0.1) is 0 Å². The smallest absolute Gasteiger partial charge is 0.194 e. The van der Waals surface area contributed by atoms with Crippen molar-refractivity contribution in [1.82, 2.24) is 0 Å². The second kappa shape index (κ2) is 5.65. The summed E-state index contributed by atoms with van der Waals surface area (Å²) in [7, 11) is -1.98. The molecule has 73 valence electrons. The molecule has 0 fully saturated rings. The quantitative estimate of drug-likeness (QED) is 0.530. The second-order valence-corrected chi connectivity index (χ2v) is 12.1. The summed E-state index contributed by atoms with van der Waals surface area (Å²) < 4.78 is 5.91. The maximum absolute atomic E-state index is 5.91. The van der Waals surface area contributed by atoms with Crippen LogP contribution in [0.4, 0.5) is 0 Å². The molecule has 5 heteroatoms. The minimum atomic E-state index is -1.33. The number of halogens is 2. The van der Waals surface area contributed by atoms with E-state index in [1.165, 1.54) is 0 Å². The fraction of sp³-hybridized carbons (Fsp3) is 1.00. The Balaban J connectivity index is 3.53. The van der Waals surface area contributed by atoms with Crippen LogP contribution in [-0.4, -0.2) is 22.2 Å². The predicted molar refractivity (Wildman–Crippen MR) is 61.0 cm³/mol. The maximum atomic E-state index is 5.91. The maximum Gasteiger partial charge on any atom is 0.194 e. The summed E-state index contributed by atoms with van der Waals surface area (Å²) in [6, 6.07) is 1.05. The third-order valence-electron chi connectivity index (χ3n) is 1.20. The van der Waals surface area contributed by atoms with Crippen LogP contribution in [0.5, 0.6) is 0 Å². The Bertz CT molecular complexity index is 125. The lowest BCUT2D eigenvalue weighted by Gasteiger charge is -2.22. The Morgan fingerprint density at radius 3 is 2.17 bits per heavy atom. The van der Waals surface area contributed by atoms with Crippen LogP contribution in [0.2, 0.25) is 32.2 Å². The minimum Gasteiger partial charge on any atom is -0.456 e. The number of hydrogen-bond donors (Lipinski definition) is 0. The van der Waals surface area contributed by atoms with Crippen LogP contribution in [0.3, 0.4) is 0 Å². The zero-order valence-corrected chi connectivity index (χ0v) is 11.7. The third-order valence-corrected chi connectivity index (χ3v) is 6.47. The van der Waals surface area contributed by atoms with Crippen LogP contribution in [0.15, 0.2) is 0 Å². The highest BCUT2D eigenvalue weighted by Crippen LogP contribution is 2.15. The Kier molecular flexibility index (Phi) is 6.11. The molecule has 0 N–H and O–H groups in total. The van der Waals surface area contributed by atoms with Crippen molar-refractivity contribution in [2.75, 3.05) is 0 Å². The molecule has 0 aromatic rings. The van der Waals surface area contributed by atoms with Crippen LogP contribution < -0.4 is 0 Å². The predicted octanol–water partition coefficient (Wildman–Crippen LogP) is 3.65. The lowest BCUT2D eigenvalue weighted by molar-refractivity contribution is 0.571. The molecule has 1 nitrogen and oxygen atoms in total. The van der Waals surface area contributed by atoms with E-state index in [9.17, 15) is 0 Å². The standard InChI is InChI=1S/C7H17Cl2OSi2/c1-11(6-5-7(8)9)10-12(2,3)4/h7H,5-6H2,1-4H3. The van der Waals surface area contributed by atoms with E-state index in [4.69, 9.17) is 27.3 Å². The summed E-state index contributed by atoms with van der Waals surface area (Å²) in [4.78, 5) is -0.227. The average molecular weight is 244 g/mol. The van der Waals surface area contributed by atoms with Crippen LogP contribution >= 0.6 is 23.2 Å². The molecule has 1 radical (unpaired) electrons. The molecule has 12 heavy (non-hydrogen) atoms. The van der Waals surface area contributed by atoms with Gasteiger partial charge in [-0.25, -0.2) is 0 Å². The summed E-state index contributed by atoms with van der Waals surface area (Å²) in [5, 5.41) is 0. The van der Waals surface area contributed by atoms with Crippen LogP contribution in [-0.2, 0) is 4.12 Å². The third kappa shape index (κ3) is 9.06. The van der Waals surface area contributed by atoms with Crippen molar-refractivity contribution in [3.63, 3.8) is 0 Å². The van der Waals surface area contributed by atoms with Crippen molar-refractivity contribution in [3.8, 4) is 0 Å². The van der Waals surface area contributed by atoms with E-state index in [0.717, 1.165) is 12.5 Å². The molecule has 0 rings (SSSR count). The number of hydrogen-bond acceptors (Lipinski definition) is 1.